The van der Waals surface area contributed by atoms with Crippen molar-refractivity contribution in [2.45, 2.75) is 56.7 Å². The van der Waals surface area contributed by atoms with E-state index in [9.17, 15) is 4.79 Å². The average molecular weight is 390 g/mol. The van der Waals surface area contributed by atoms with Crippen LogP contribution in [0.5, 0.6) is 0 Å². The number of likely N-dealkylation sites (tertiary alicyclic amines) is 1. The summed E-state index contributed by atoms with van der Waals surface area (Å²) in [4.78, 5) is 19.3. The summed E-state index contributed by atoms with van der Waals surface area (Å²) in [6, 6.07) is 8.67. The molecule has 26 heavy (non-hydrogen) atoms. The van der Waals surface area contributed by atoms with Crippen molar-refractivity contribution < 1.29 is 4.79 Å². The van der Waals surface area contributed by atoms with Crippen molar-refractivity contribution in [1.29, 1.82) is 0 Å². The summed E-state index contributed by atoms with van der Waals surface area (Å²) in [6.07, 6.45) is 6.58. The summed E-state index contributed by atoms with van der Waals surface area (Å²) in [5.74, 6) is 2.69. The van der Waals surface area contributed by atoms with Gasteiger partial charge in [-0.25, -0.2) is 4.98 Å². The molecule has 0 unspecified atom stereocenters. The second-order valence-corrected chi connectivity index (χ2v) is 10.2. The summed E-state index contributed by atoms with van der Waals surface area (Å²) in [5.41, 5.74) is 2.24. The van der Waals surface area contributed by atoms with Gasteiger partial charge in [-0.15, -0.1) is 0 Å². The van der Waals surface area contributed by atoms with Gasteiger partial charge in [-0.05, 0) is 44.7 Å². The van der Waals surface area contributed by atoms with Gasteiger partial charge in [0.25, 0.3) is 0 Å². The van der Waals surface area contributed by atoms with Gasteiger partial charge >= 0.3 is 0 Å². The van der Waals surface area contributed by atoms with E-state index in [4.69, 9.17) is 0 Å². The molecular weight excluding hydrogens is 362 g/mol. The normalized spacial score (nSPS) is 23.2. The van der Waals surface area contributed by atoms with Crippen molar-refractivity contribution in [3.05, 3.63) is 30.1 Å². The lowest BCUT2D eigenvalue weighted by molar-refractivity contribution is -0.130. The third-order valence-corrected chi connectivity index (χ3v) is 8.55. The molecule has 4 rings (SSSR count). The quantitative estimate of drug-likeness (QED) is 0.524. The van der Waals surface area contributed by atoms with Crippen LogP contribution in [0.4, 0.5) is 0 Å². The molecule has 4 nitrogen and oxygen atoms in total. The average Bonchev–Trinajstić information content (AvgIpc) is 3.37. The fourth-order valence-electron chi connectivity index (χ4n) is 4.18. The third kappa shape index (κ3) is 3.91. The lowest BCUT2D eigenvalue weighted by Gasteiger charge is -2.18. The molecule has 2 fully saturated rings. The summed E-state index contributed by atoms with van der Waals surface area (Å²) in [5, 5.41) is 0.823. The third-order valence-electron chi connectivity index (χ3n) is 5.55. The van der Waals surface area contributed by atoms with E-state index in [1.165, 1.54) is 30.5 Å². The lowest BCUT2D eigenvalue weighted by atomic mass is 10.1. The van der Waals surface area contributed by atoms with Crippen LogP contribution in [-0.4, -0.2) is 44.5 Å². The van der Waals surface area contributed by atoms with Gasteiger partial charge in [0.05, 0.1) is 17.1 Å². The molecule has 0 N–H and O–H groups in total. The van der Waals surface area contributed by atoms with Crippen LogP contribution in [0, 0.1) is 6.92 Å². The first kappa shape index (κ1) is 18.2. The van der Waals surface area contributed by atoms with Crippen LogP contribution in [0.25, 0.3) is 11.0 Å². The topological polar surface area (TPSA) is 38.1 Å². The van der Waals surface area contributed by atoms with E-state index in [1.807, 2.05) is 27.7 Å². The Labute approximate surface area is 163 Å². The molecule has 0 spiro atoms. The molecule has 1 amide bonds. The summed E-state index contributed by atoms with van der Waals surface area (Å²) in [7, 11) is 4.04. The molecule has 0 radical (unpaired) electrons. The first-order valence-corrected chi connectivity index (χ1v) is 12.1. The number of hydrogen-bond donors (Lipinski definition) is 0. The molecule has 2 aliphatic heterocycles. The first-order valence-electron chi connectivity index (χ1n) is 9.72. The van der Waals surface area contributed by atoms with Gasteiger partial charge in [0, 0.05) is 30.5 Å². The molecule has 1 aromatic carbocycles. The number of fused-ring (bicyclic) bond motifs is 1. The number of rotatable bonds is 6. The minimum absolute atomic E-state index is 0.336. The predicted octanol–water partition coefficient (Wildman–Crippen LogP) is 4.83. The van der Waals surface area contributed by atoms with Crippen LogP contribution in [0.1, 0.15) is 50.4 Å². The highest BCUT2D eigenvalue weighted by Crippen LogP contribution is 2.40. The van der Waals surface area contributed by atoms with E-state index >= 15 is 0 Å². The molecule has 0 saturated carbocycles. The van der Waals surface area contributed by atoms with Crippen LogP contribution in [-0.2, 0) is 4.79 Å². The summed E-state index contributed by atoms with van der Waals surface area (Å²) >= 11 is 0. The number of nitrogens with zero attached hydrogens (tertiary/aromatic N) is 3. The number of unbranched alkanes of at least 4 members (excludes halogenated alkanes) is 1. The number of imidazole rings is 1. The molecule has 0 bridgehead atoms. The van der Waals surface area contributed by atoms with Crippen molar-refractivity contribution in [2.75, 3.05) is 18.8 Å². The fraction of sp³-hybridized carbons (Fsp3) is 0.600. The van der Waals surface area contributed by atoms with Crippen molar-refractivity contribution in [2.24, 2.45) is 0 Å². The highest BCUT2D eigenvalue weighted by Gasteiger charge is 2.29. The number of carbonyl (C=O) groups excluding carboxylic acids is 1. The van der Waals surface area contributed by atoms with Crippen molar-refractivity contribution in [3.8, 4) is 0 Å². The van der Waals surface area contributed by atoms with E-state index in [1.54, 1.807) is 0 Å². The van der Waals surface area contributed by atoms with Gasteiger partial charge in [0.1, 0.15) is 5.82 Å². The maximum atomic E-state index is 12.6. The second-order valence-electron chi connectivity index (χ2n) is 7.37. The van der Waals surface area contributed by atoms with Gasteiger partial charge in [-0.3, -0.25) is 4.79 Å². The Morgan fingerprint density at radius 2 is 2.15 bits per heavy atom. The van der Waals surface area contributed by atoms with Crippen LogP contribution in [0.15, 0.2) is 24.3 Å². The van der Waals surface area contributed by atoms with Crippen molar-refractivity contribution in [3.63, 3.8) is 0 Å². The molecule has 140 valence electrons. The molecule has 3 heterocycles. The standard InChI is InChI=1S/C20H27N3OS2/c1-15-21-18-7-3-4-8-19(18)23(15)16-10-12-22(14-16)20(24)9-5-2-6-17-11-13-25-26-17/h3-4,7-8,16-17H,2,5-6,9-14H2,1H3/t16-,17-/m1/s1. The van der Waals surface area contributed by atoms with E-state index < -0.39 is 0 Å². The highest BCUT2D eigenvalue weighted by atomic mass is 33.1. The SMILES string of the molecule is Cc1nc2ccccc2n1[C@@H]1CCN(C(=O)CCCC[C@@H]2CCSS2)C1. The maximum absolute atomic E-state index is 12.6. The Bertz CT molecular complexity index is 770. The number of amides is 1. The Morgan fingerprint density at radius 1 is 1.27 bits per heavy atom. The number of aryl methyl sites for hydroxylation is 1. The van der Waals surface area contributed by atoms with E-state index in [0.29, 0.717) is 18.4 Å². The van der Waals surface area contributed by atoms with Gasteiger partial charge in [-0.1, -0.05) is 40.1 Å². The number of carbonyl (C=O) groups is 1. The smallest absolute Gasteiger partial charge is 0.222 e. The fourth-order valence-corrected chi connectivity index (χ4v) is 7.20. The van der Waals surface area contributed by atoms with Gasteiger partial charge in [0.2, 0.25) is 5.91 Å². The first-order chi connectivity index (χ1) is 12.7. The molecule has 6 heteroatoms. The minimum atomic E-state index is 0.336. The Kier molecular flexibility index (Phi) is 5.79. The molecule has 2 saturated heterocycles. The molecule has 2 aromatic rings. The van der Waals surface area contributed by atoms with E-state index in [0.717, 1.165) is 42.5 Å². The maximum Gasteiger partial charge on any atom is 0.222 e. The molecule has 0 aliphatic carbocycles. The second kappa shape index (κ2) is 8.26. The number of para-hydroxylation sites is 2. The van der Waals surface area contributed by atoms with E-state index in [2.05, 4.69) is 39.6 Å². The zero-order valence-corrected chi connectivity index (χ0v) is 17.0. The molecular formula is C20H27N3OS2. The zero-order valence-electron chi connectivity index (χ0n) is 15.4. The molecule has 2 aliphatic rings. The van der Waals surface area contributed by atoms with Gasteiger partial charge < -0.3 is 9.47 Å². The van der Waals surface area contributed by atoms with Crippen molar-refractivity contribution >= 4 is 38.5 Å². The monoisotopic (exact) mass is 389 g/mol. The zero-order chi connectivity index (χ0) is 17.9. The Balaban J connectivity index is 1.30. The molecule has 2 atom stereocenters. The van der Waals surface area contributed by atoms with Crippen LogP contribution >= 0.6 is 21.6 Å². The summed E-state index contributed by atoms with van der Waals surface area (Å²) < 4.78 is 2.33. The number of hydrogen-bond acceptors (Lipinski definition) is 4. The number of aromatic nitrogens is 2. The molecule has 1 aromatic heterocycles. The number of benzene rings is 1. The summed E-state index contributed by atoms with van der Waals surface area (Å²) in [6.45, 7) is 3.78. The van der Waals surface area contributed by atoms with Gasteiger partial charge in [-0.2, -0.15) is 0 Å². The van der Waals surface area contributed by atoms with Gasteiger partial charge in [0.15, 0.2) is 0 Å². The lowest BCUT2D eigenvalue weighted by Crippen LogP contribution is -2.29. The highest BCUT2D eigenvalue weighted by molar-refractivity contribution is 8.77. The van der Waals surface area contributed by atoms with Crippen molar-refractivity contribution in [1.82, 2.24) is 14.5 Å². The van der Waals surface area contributed by atoms with Crippen LogP contribution in [0.3, 0.4) is 0 Å². The van der Waals surface area contributed by atoms with Crippen LogP contribution in [0.2, 0.25) is 0 Å². The predicted molar refractivity (Wildman–Crippen MR) is 112 cm³/mol. The Hall–Kier alpha value is -1.14. The Morgan fingerprint density at radius 3 is 3.00 bits per heavy atom. The minimum Gasteiger partial charge on any atom is -0.341 e. The largest absolute Gasteiger partial charge is 0.341 e. The van der Waals surface area contributed by atoms with E-state index in [-0.39, 0.29) is 0 Å². The van der Waals surface area contributed by atoms with Crippen LogP contribution < -0.4 is 0 Å².